The summed E-state index contributed by atoms with van der Waals surface area (Å²) < 4.78 is 11.6. The average molecular weight is 801 g/mol. The zero-order valence-electron chi connectivity index (χ0n) is 31.1. The predicted molar refractivity (Wildman–Crippen MR) is 204 cm³/mol. The first-order chi connectivity index (χ1) is 27.5. The number of carbonyl (C=O) groups excluding carboxylic acids is 3. The van der Waals surface area contributed by atoms with E-state index in [1.54, 1.807) is 30.3 Å². The quantitative estimate of drug-likeness (QED) is 0.0797. The highest BCUT2D eigenvalue weighted by Gasteiger charge is 2.36. The third kappa shape index (κ3) is 10.4. The highest BCUT2D eigenvalue weighted by molar-refractivity contribution is 5.93. The number of amides is 3. The zero-order valence-corrected chi connectivity index (χ0v) is 31.1. The number of aliphatic hydroxyl groups is 1. The highest BCUT2D eigenvalue weighted by atomic mass is 16.6. The van der Waals surface area contributed by atoms with E-state index in [-0.39, 0.29) is 47.7 Å². The lowest BCUT2D eigenvalue weighted by Gasteiger charge is -2.28. The van der Waals surface area contributed by atoms with Crippen molar-refractivity contribution in [3.8, 4) is 28.7 Å². The molecule has 4 aromatic rings. The maximum absolute atomic E-state index is 14.2. The van der Waals surface area contributed by atoms with Crippen LogP contribution in [0.4, 0.5) is 11.4 Å². The van der Waals surface area contributed by atoms with Gasteiger partial charge in [0.25, 0.3) is 5.69 Å². The fraction of sp³-hybridized carbons (Fsp3) is 0.282. The van der Waals surface area contributed by atoms with Gasteiger partial charge in [0, 0.05) is 31.0 Å². The molecule has 0 saturated carbocycles. The summed E-state index contributed by atoms with van der Waals surface area (Å²) in [6, 6.07) is 12.9. The van der Waals surface area contributed by atoms with Crippen molar-refractivity contribution >= 4 is 35.1 Å². The monoisotopic (exact) mass is 800 g/mol. The van der Waals surface area contributed by atoms with E-state index in [0.29, 0.717) is 5.56 Å². The van der Waals surface area contributed by atoms with Crippen LogP contribution in [0.2, 0.25) is 0 Å². The molecular formula is C39H40N6O13. The molecule has 3 amide bonds. The van der Waals surface area contributed by atoms with Gasteiger partial charge in [0.1, 0.15) is 17.8 Å². The number of hydrogen-bond donors (Lipinski definition) is 7. The smallest absolute Gasteiger partial charge is 0.335 e. The Bertz CT molecular complexity index is 2200. The van der Waals surface area contributed by atoms with E-state index < -0.39 is 92.5 Å². The van der Waals surface area contributed by atoms with E-state index in [9.17, 15) is 54.7 Å². The van der Waals surface area contributed by atoms with Gasteiger partial charge >= 0.3 is 11.7 Å². The molecule has 304 valence electrons. The molecule has 2 aliphatic rings. The number of ether oxygens (including phenoxy) is 2. The molecule has 6 rings (SSSR count). The van der Waals surface area contributed by atoms with Gasteiger partial charge in [-0.15, -0.1) is 0 Å². The molecule has 0 unspecified atom stereocenters. The van der Waals surface area contributed by atoms with Crippen molar-refractivity contribution in [2.45, 2.75) is 63.4 Å². The Kier molecular flexibility index (Phi) is 13.2. The molecule has 0 fully saturated rings. The number of nitrogens with one attached hydrogen (secondary N) is 3. The topological polar surface area (TPSA) is 296 Å². The number of phenolic OH excluding ortho intramolecular Hbond substituents is 1. The number of phenols is 1. The summed E-state index contributed by atoms with van der Waals surface area (Å²) in [6.07, 6.45) is -2.62. The molecule has 0 saturated heterocycles. The van der Waals surface area contributed by atoms with E-state index in [1.807, 2.05) is 13.8 Å². The molecular weight excluding hydrogens is 760 g/mol. The lowest BCUT2D eigenvalue weighted by atomic mass is 9.97. The molecule has 0 aliphatic carbocycles. The summed E-state index contributed by atoms with van der Waals surface area (Å²) in [4.78, 5) is 76.0. The van der Waals surface area contributed by atoms with E-state index in [4.69, 9.17) is 15.2 Å². The Hall–Kier alpha value is -7.12. The summed E-state index contributed by atoms with van der Waals surface area (Å²) >= 11 is 0. The van der Waals surface area contributed by atoms with Crippen LogP contribution in [0, 0.1) is 26.1 Å². The summed E-state index contributed by atoms with van der Waals surface area (Å²) in [5.41, 5.74) is 5.66. The minimum absolute atomic E-state index is 0.0128. The molecule has 4 bridgehead atoms. The van der Waals surface area contributed by atoms with Crippen LogP contribution in [0.5, 0.6) is 28.7 Å². The number of carboxylic acid groups (broad SMARTS) is 1. The number of carbonyl (C=O) groups is 4. The second kappa shape index (κ2) is 18.2. The number of aromatic hydroxyl groups is 1. The van der Waals surface area contributed by atoms with Crippen LogP contribution in [0.3, 0.4) is 0 Å². The Morgan fingerprint density at radius 3 is 2.26 bits per heavy atom. The van der Waals surface area contributed by atoms with Crippen LogP contribution in [-0.4, -0.2) is 73.1 Å². The number of carboxylic acids is 1. The lowest BCUT2D eigenvalue weighted by Crippen LogP contribution is -2.57. The fourth-order valence-electron chi connectivity index (χ4n) is 6.15. The van der Waals surface area contributed by atoms with Gasteiger partial charge in [-0.3, -0.25) is 34.6 Å². The molecule has 58 heavy (non-hydrogen) atoms. The van der Waals surface area contributed by atoms with Gasteiger partial charge in [-0.05, 0) is 59.4 Å². The van der Waals surface area contributed by atoms with Gasteiger partial charge < -0.3 is 46.5 Å². The largest absolute Gasteiger partial charge is 0.502 e. The van der Waals surface area contributed by atoms with Crippen LogP contribution in [0.15, 0.2) is 84.9 Å². The number of nitro benzene ring substituents is 2. The van der Waals surface area contributed by atoms with Gasteiger partial charge in [-0.25, -0.2) is 4.79 Å². The van der Waals surface area contributed by atoms with Gasteiger partial charge in [0.15, 0.2) is 17.6 Å². The van der Waals surface area contributed by atoms with Gasteiger partial charge in [0.05, 0.1) is 21.9 Å². The fourth-order valence-corrected chi connectivity index (χ4v) is 6.15. The molecule has 8 N–H and O–H groups in total. The van der Waals surface area contributed by atoms with Crippen LogP contribution in [0.1, 0.15) is 43.0 Å². The zero-order chi connectivity index (χ0) is 42.3. The first-order valence-electron chi connectivity index (χ1n) is 17.9. The van der Waals surface area contributed by atoms with E-state index >= 15 is 0 Å². The van der Waals surface area contributed by atoms with Crippen molar-refractivity contribution in [3.05, 3.63) is 122 Å². The third-order valence-corrected chi connectivity index (χ3v) is 9.05. The Labute approximate surface area is 330 Å². The van der Waals surface area contributed by atoms with Crippen molar-refractivity contribution in [1.82, 2.24) is 16.0 Å². The molecule has 19 heteroatoms. The lowest BCUT2D eigenvalue weighted by molar-refractivity contribution is -0.385. The molecule has 2 aliphatic heterocycles. The molecule has 4 aromatic carbocycles. The summed E-state index contributed by atoms with van der Waals surface area (Å²) in [5, 5.41) is 63.7. The number of fused-ring (bicyclic) bond motifs is 9. The highest BCUT2D eigenvalue weighted by Crippen LogP contribution is 2.45. The predicted octanol–water partition coefficient (Wildman–Crippen LogP) is 3.54. The maximum atomic E-state index is 14.2. The maximum Gasteiger partial charge on any atom is 0.335 e. The molecule has 0 aromatic heterocycles. The number of non-ortho nitro benzene ring substituents is 1. The van der Waals surface area contributed by atoms with Gasteiger partial charge in [-0.1, -0.05) is 50.2 Å². The average Bonchev–Trinajstić information content (AvgIpc) is 3.17. The number of aliphatic carboxylic acids is 1. The number of nitro groups is 2. The van der Waals surface area contributed by atoms with Crippen molar-refractivity contribution in [3.63, 3.8) is 0 Å². The molecule has 5 atom stereocenters. The third-order valence-electron chi connectivity index (χ3n) is 9.05. The second-order valence-electron chi connectivity index (χ2n) is 13.9. The standard InChI is InChI=1S/C39H40N6O13/c1-20(2)14-26(40)36(48)41-28-16-22-8-13-30(29(17-22)45(55)56)58-32-19-23(18-31(34(32)46)57-25-11-9-24(10-12-25)44(53)54)33(35(47)39(51)52)43-38(50)27(42-37(28)49)15-21-6-4-3-5-7-21/h3-13,17-20,26-28,33,35,46-47H,14-16,40H2,1-2H3,(H,41,48)(H,42,49)(H,43,50)(H,51,52)/t26-,27-,28+,33-,35-/m1/s1. The van der Waals surface area contributed by atoms with E-state index in [1.165, 1.54) is 24.3 Å². The SMILES string of the molecule is CC(C)C[C@@H](N)C(=O)N[C@H]1Cc2ccc(c([N+](=O)[O-])c2)Oc2cc(cc(Oc3ccc([N+](=O)[O-])cc3)c2O)[C@H]([C@@H](O)C(=O)O)NC(=O)[C@@H](Cc2ccccc2)NC1=O. The number of hydrogen-bond acceptors (Lipinski definition) is 13. The van der Waals surface area contributed by atoms with Crippen molar-refractivity contribution in [2.75, 3.05) is 0 Å². The second-order valence-corrected chi connectivity index (χ2v) is 13.9. The van der Waals surface area contributed by atoms with Crippen LogP contribution < -0.4 is 31.2 Å². The molecule has 0 spiro atoms. The first-order valence-corrected chi connectivity index (χ1v) is 17.9. The van der Waals surface area contributed by atoms with E-state index in [0.717, 1.165) is 30.3 Å². The minimum Gasteiger partial charge on any atom is -0.502 e. The summed E-state index contributed by atoms with van der Waals surface area (Å²) in [6.45, 7) is 3.69. The van der Waals surface area contributed by atoms with Crippen LogP contribution in [0.25, 0.3) is 0 Å². The first kappa shape index (κ1) is 42.0. The van der Waals surface area contributed by atoms with Crippen molar-refractivity contribution < 1.29 is 53.8 Å². The molecule has 2 heterocycles. The Morgan fingerprint density at radius 1 is 0.948 bits per heavy atom. The van der Waals surface area contributed by atoms with Crippen LogP contribution in [-0.2, 0) is 32.0 Å². The van der Waals surface area contributed by atoms with Gasteiger partial charge in [0.2, 0.25) is 29.2 Å². The molecule has 0 radical (unpaired) electrons. The van der Waals surface area contributed by atoms with E-state index in [2.05, 4.69) is 16.0 Å². The Balaban J connectivity index is 1.69. The normalized spacial score (nSPS) is 17.9. The number of nitrogens with two attached hydrogens (primary N) is 1. The van der Waals surface area contributed by atoms with Crippen molar-refractivity contribution in [1.29, 1.82) is 0 Å². The number of rotatable bonds is 12. The van der Waals surface area contributed by atoms with Crippen molar-refractivity contribution in [2.24, 2.45) is 11.7 Å². The summed E-state index contributed by atoms with van der Waals surface area (Å²) in [7, 11) is 0. The number of benzene rings is 4. The Morgan fingerprint density at radius 2 is 1.64 bits per heavy atom. The van der Waals surface area contributed by atoms with Crippen LogP contribution >= 0.6 is 0 Å². The van der Waals surface area contributed by atoms with Gasteiger partial charge in [-0.2, -0.15) is 0 Å². The summed E-state index contributed by atoms with van der Waals surface area (Å²) in [5.74, 6) is -6.66. The molecule has 19 nitrogen and oxygen atoms in total. The minimum atomic E-state index is -2.39. The number of aliphatic hydroxyl groups excluding tert-OH is 1. The number of nitrogens with zero attached hydrogens (tertiary/aromatic N) is 2.